The number of para-hydroxylation sites is 1. The molecule has 1 fully saturated rings. The Morgan fingerprint density at radius 2 is 1.77 bits per heavy atom. The number of aromatic carboxylic acids is 1. The van der Waals surface area contributed by atoms with Crippen molar-refractivity contribution in [2.75, 3.05) is 0 Å². The first-order chi connectivity index (χ1) is 16.4. The zero-order valence-electron chi connectivity index (χ0n) is 18.1. The minimum absolute atomic E-state index is 0.0165. The summed E-state index contributed by atoms with van der Waals surface area (Å²) < 4.78 is 44.3. The van der Waals surface area contributed by atoms with Crippen LogP contribution in [0.5, 0.6) is 5.75 Å². The fourth-order valence-corrected chi connectivity index (χ4v) is 5.81. The molecule has 12 nitrogen and oxygen atoms in total. The van der Waals surface area contributed by atoms with E-state index in [2.05, 4.69) is 10.0 Å². The number of carboxylic acids is 1. The molecule has 186 valence electrons. The first-order valence-corrected chi connectivity index (χ1v) is 13.7. The Hall–Kier alpha value is -2.74. The Bertz CT molecular complexity index is 1310. The molecular weight excluding hydrogens is 502 g/mol. The number of nitrogens with one attached hydrogen (secondary N) is 2. The Balaban J connectivity index is 1.59. The van der Waals surface area contributed by atoms with Crippen LogP contribution in [0.1, 0.15) is 40.4 Å². The van der Waals surface area contributed by atoms with Gasteiger partial charge in [0, 0.05) is 0 Å². The van der Waals surface area contributed by atoms with Crippen molar-refractivity contribution in [2.24, 2.45) is 0 Å². The van der Waals surface area contributed by atoms with E-state index in [-0.39, 0.29) is 28.6 Å². The molecule has 1 unspecified atom stereocenters. The summed E-state index contributed by atoms with van der Waals surface area (Å²) in [6, 6.07) is 7.61. The molecule has 1 saturated carbocycles. The fraction of sp³-hybridized carbons (Fsp3) is 0.300. The van der Waals surface area contributed by atoms with Gasteiger partial charge in [0.15, 0.2) is 0 Å². The molecule has 0 spiro atoms. The third-order valence-corrected chi connectivity index (χ3v) is 8.63. The molecule has 0 saturated heterocycles. The van der Waals surface area contributed by atoms with Gasteiger partial charge < -0.3 is 29.9 Å². The standard InChI is InChI=1S/C20H22BN2O10PS/c24-19(22-16-10-12-2-1-3-15(20(25)26)18(12)33-21(16)27)17(23-35(31,32)14-8-9-14)11-4-6-13(7-5-11)34(28,29)30/h1-7,14,16-17,23,27H,8-10H2,(H,22,24)(H,25,26)(H2,28,29,30)/t16-,17?/m0/s1. The van der Waals surface area contributed by atoms with Crippen LogP contribution in [0.2, 0.25) is 0 Å². The number of rotatable bonds is 8. The molecule has 2 aromatic carbocycles. The highest BCUT2D eigenvalue weighted by Crippen LogP contribution is 2.34. The zero-order valence-corrected chi connectivity index (χ0v) is 19.8. The van der Waals surface area contributed by atoms with Gasteiger partial charge in [-0.15, -0.1) is 0 Å². The van der Waals surface area contributed by atoms with Crippen LogP contribution in [-0.4, -0.2) is 58.5 Å². The molecule has 1 aliphatic heterocycles. The summed E-state index contributed by atoms with van der Waals surface area (Å²) in [6.07, 6.45) is 0.903. The topological polar surface area (TPSA) is 200 Å². The molecule has 0 aromatic heterocycles. The van der Waals surface area contributed by atoms with Crippen LogP contribution in [0.25, 0.3) is 0 Å². The van der Waals surface area contributed by atoms with Gasteiger partial charge in [-0.3, -0.25) is 9.36 Å². The average Bonchev–Trinajstić information content (AvgIpc) is 3.63. The van der Waals surface area contributed by atoms with Gasteiger partial charge >= 0.3 is 20.7 Å². The highest BCUT2D eigenvalue weighted by Gasteiger charge is 2.42. The van der Waals surface area contributed by atoms with Gasteiger partial charge in [-0.1, -0.05) is 24.3 Å². The van der Waals surface area contributed by atoms with E-state index >= 15 is 0 Å². The predicted molar refractivity (Wildman–Crippen MR) is 124 cm³/mol. The van der Waals surface area contributed by atoms with Crippen LogP contribution >= 0.6 is 7.60 Å². The van der Waals surface area contributed by atoms with Crippen molar-refractivity contribution in [3.8, 4) is 5.75 Å². The van der Waals surface area contributed by atoms with E-state index in [9.17, 15) is 42.5 Å². The van der Waals surface area contributed by atoms with Crippen molar-refractivity contribution < 1.29 is 47.1 Å². The normalized spacial score (nSPS) is 18.8. The van der Waals surface area contributed by atoms with E-state index in [4.69, 9.17) is 4.65 Å². The SMILES string of the molecule is O=C(O)c1cccc2c1OB(O)[C@@H](NC(=O)C(NS(=O)(=O)C1CC1)c1ccc(P(=O)(O)O)cc1)C2. The van der Waals surface area contributed by atoms with Gasteiger partial charge in [0.05, 0.1) is 22.1 Å². The second-order valence-electron chi connectivity index (χ2n) is 8.36. The van der Waals surface area contributed by atoms with Crippen LogP contribution in [0.3, 0.4) is 0 Å². The Labute approximate surface area is 200 Å². The van der Waals surface area contributed by atoms with Crippen molar-refractivity contribution >= 4 is 41.9 Å². The molecule has 1 aliphatic carbocycles. The van der Waals surface area contributed by atoms with E-state index < -0.39 is 53.8 Å². The smallest absolute Gasteiger partial charge is 0.534 e. The molecule has 1 heterocycles. The minimum atomic E-state index is -4.55. The number of sulfonamides is 1. The van der Waals surface area contributed by atoms with E-state index in [0.29, 0.717) is 18.4 Å². The third-order valence-electron chi connectivity index (χ3n) is 5.75. The summed E-state index contributed by atoms with van der Waals surface area (Å²) in [5, 5.41) is 21.3. The molecule has 15 heteroatoms. The summed E-state index contributed by atoms with van der Waals surface area (Å²) in [5.41, 5.74) is 0.414. The van der Waals surface area contributed by atoms with Crippen LogP contribution in [-0.2, 0) is 25.8 Å². The maximum Gasteiger partial charge on any atom is 0.547 e. The summed E-state index contributed by atoms with van der Waals surface area (Å²) in [6.45, 7) is 0. The average molecular weight is 524 g/mol. The molecule has 0 bridgehead atoms. The van der Waals surface area contributed by atoms with Crippen molar-refractivity contribution in [3.05, 3.63) is 59.2 Å². The number of carbonyl (C=O) groups is 2. The third kappa shape index (κ3) is 5.58. The van der Waals surface area contributed by atoms with Gasteiger partial charge in [0.25, 0.3) is 0 Å². The summed E-state index contributed by atoms with van der Waals surface area (Å²) >= 11 is 0. The largest absolute Gasteiger partial charge is 0.547 e. The predicted octanol–water partition coefficient (Wildman–Crippen LogP) is -0.550. The van der Waals surface area contributed by atoms with Crippen molar-refractivity contribution in [2.45, 2.75) is 36.5 Å². The zero-order chi connectivity index (χ0) is 25.5. The molecular formula is C20H22BN2O10PS. The molecule has 2 aromatic rings. The number of carbonyl (C=O) groups excluding carboxylic acids is 1. The molecule has 2 atom stereocenters. The lowest BCUT2D eigenvalue weighted by molar-refractivity contribution is -0.123. The maximum atomic E-state index is 13.2. The lowest BCUT2D eigenvalue weighted by Crippen LogP contribution is -2.55. The Morgan fingerprint density at radius 3 is 2.34 bits per heavy atom. The van der Waals surface area contributed by atoms with Crippen molar-refractivity contribution in [1.82, 2.24) is 10.0 Å². The molecule has 2 aliphatic rings. The van der Waals surface area contributed by atoms with Gasteiger partial charge in [-0.05, 0) is 48.6 Å². The molecule has 0 radical (unpaired) electrons. The monoisotopic (exact) mass is 524 g/mol. The number of fused-ring (bicyclic) bond motifs is 1. The van der Waals surface area contributed by atoms with E-state index in [1.165, 1.54) is 24.3 Å². The lowest BCUT2D eigenvalue weighted by Gasteiger charge is -2.30. The Kier molecular flexibility index (Phi) is 6.79. The van der Waals surface area contributed by atoms with Crippen LogP contribution in [0, 0.1) is 0 Å². The van der Waals surface area contributed by atoms with Crippen molar-refractivity contribution in [3.63, 3.8) is 0 Å². The second kappa shape index (κ2) is 9.38. The van der Waals surface area contributed by atoms with Crippen LogP contribution < -0.4 is 20.0 Å². The fourth-order valence-electron chi connectivity index (χ4n) is 3.75. The van der Waals surface area contributed by atoms with E-state index in [1.54, 1.807) is 6.07 Å². The molecule has 4 rings (SSSR count). The summed E-state index contributed by atoms with van der Waals surface area (Å²) in [7, 11) is -10.0. The Morgan fingerprint density at radius 1 is 1.11 bits per heavy atom. The summed E-state index contributed by atoms with van der Waals surface area (Å²) in [5.74, 6) is -3.12. The van der Waals surface area contributed by atoms with Gasteiger partial charge in [-0.2, -0.15) is 4.72 Å². The second-order valence-corrected chi connectivity index (χ2v) is 12.0. The molecule has 6 N–H and O–H groups in total. The minimum Gasteiger partial charge on any atom is -0.534 e. The first-order valence-electron chi connectivity index (χ1n) is 10.5. The lowest BCUT2D eigenvalue weighted by atomic mass is 9.72. The van der Waals surface area contributed by atoms with Gasteiger partial charge in [0.2, 0.25) is 15.9 Å². The highest BCUT2D eigenvalue weighted by atomic mass is 32.2. The number of benzene rings is 2. The van der Waals surface area contributed by atoms with Gasteiger partial charge in [-0.25, -0.2) is 13.2 Å². The van der Waals surface area contributed by atoms with E-state index in [0.717, 1.165) is 12.1 Å². The number of amides is 1. The van der Waals surface area contributed by atoms with Crippen LogP contribution in [0.15, 0.2) is 42.5 Å². The van der Waals surface area contributed by atoms with E-state index in [1.807, 2.05) is 0 Å². The van der Waals surface area contributed by atoms with Crippen LogP contribution in [0.4, 0.5) is 0 Å². The molecule has 35 heavy (non-hydrogen) atoms. The first kappa shape index (κ1) is 25.4. The number of carboxylic acid groups (broad SMARTS) is 1. The molecule has 1 amide bonds. The maximum absolute atomic E-state index is 13.2. The van der Waals surface area contributed by atoms with Crippen molar-refractivity contribution in [1.29, 1.82) is 0 Å². The number of hydrogen-bond acceptors (Lipinski definition) is 7. The number of hydrogen-bond donors (Lipinski definition) is 6. The summed E-state index contributed by atoms with van der Waals surface area (Å²) in [4.78, 5) is 43.2. The highest BCUT2D eigenvalue weighted by molar-refractivity contribution is 7.90. The quantitative estimate of drug-likeness (QED) is 0.192. The van der Waals surface area contributed by atoms with Gasteiger partial charge in [0.1, 0.15) is 11.8 Å².